The van der Waals surface area contributed by atoms with E-state index < -0.39 is 11.8 Å². The average Bonchev–Trinajstić information content (AvgIpc) is 3.13. The summed E-state index contributed by atoms with van der Waals surface area (Å²) in [4.78, 5) is 28.8. The number of benzene rings is 2. The number of halogens is 1. The smallest absolute Gasteiger partial charge is 0.267 e. The molecule has 0 aliphatic carbocycles. The minimum Gasteiger partial charge on any atom is -0.492 e. The average molecular weight is 434 g/mol. The van der Waals surface area contributed by atoms with Crippen LogP contribution < -0.4 is 15.8 Å². The first kappa shape index (κ1) is 20.9. The maximum atomic E-state index is 13.0. The molecule has 10 heteroatoms. The molecule has 9 nitrogen and oxygen atoms in total. The molecule has 0 saturated carbocycles. The summed E-state index contributed by atoms with van der Waals surface area (Å²) in [6.45, 7) is 2.41. The lowest BCUT2D eigenvalue weighted by molar-refractivity contribution is 0.0996. The number of nitrogens with one attached hydrogen (secondary N) is 1. The van der Waals surface area contributed by atoms with Crippen LogP contribution in [0.2, 0.25) is 0 Å². The van der Waals surface area contributed by atoms with E-state index in [1.807, 2.05) is 0 Å². The predicted molar refractivity (Wildman–Crippen MR) is 115 cm³/mol. The van der Waals surface area contributed by atoms with Crippen molar-refractivity contribution >= 4 is 28.5 Å². The SMILES string of the molecule is Cc1c(NC(=O)c2cc(C(N)=O)nc3ccccc23)nnn1CCOc1ccc(F)cc1. The normalized spacial score (nSPS) is 10.8. The van der Waals surface area contributed by atoms with Crippen LogP contribution in [0.25, 0.3) is 10.9 Å². The second kappa shape index (κ2) is 8.80. The monoisotopic (exact) mass is 434 g/mol. The van der Waals surface area contributed by atoms with Gasteiger partial charge in [-0.05, 0) is 43.3 Å². The quantitative estimate of drug-likeness (QED) is 0.461. The fourth-order valence-electron chi connectivity index (χ4n) is 3.13. The van der Waals surface area contributed by atoms with Crippen LogP contribution in [0.4, 0.5) is 10.2 Å². The van der Waals surface area contributed by atoms with Gasteiger partial charge in [0.05, 0.1) is 23.3 Å². The highest BCUT2D eigenvalue weighted by atomic mass is 19.1. The van der Waals surface area contributed by atoms with Gasteiger partial charge in [0.15, 0.2) is 5.82 Å². The summed E-state index contributed by atoms with van der Waals surface area (Å²) in [6.07, 6.45) is 0. The Morgan fingerprint density at radius 2 is 1.91 bits per heavy atom. The Morgan fingerprint density at radius 3 is 2.66 bits per heavy atom. The molecule has 2 aromatic carbocycles. The van der Waals surface area contributed by atoms with E-state index in [1.54, 1.807) is 35.9 Å². The number of carbonyl (C=O) groups excluding carboxylic acids is 2. The van der Waals surface area contributed by atoms with Gasteiger partial charge in [-0.1, -0.05) is 23.4 Å². The van der Waals surface area contributed by atoms with Gasteiger partial charge in [0, 0.05) is 5.39 Å². The summed E-state index contributed by atoms with van der Waals surface area (Å²) in [7, 11) is 0. The lowest BCUT2D eigenvalue weighted by Gasteiger charge is -2.09. The zero-order chi connectivity index (χ0) is 22.7. The number of hydrogen-bond donors (Lipinski definition) is 2. The molecule has 162 valence electrons. The fourth-order valence-corrected chi connectivity index (χ4v) is 3.13. The van der Waals surface area contributed by atoms with E-state index in [4.69, 9.17) is 10.5 Å². The molecule has 4 rings (SSSR count). The Labute approximate surface area is 182 Å². The largest absolute Gasteiger partial charge is 0.492 e. The zero-order valence-electron chi connectivity index (χ0n) is 17.1. The zero-order valence-corrected chi connectivity index (χ0v) is 17.1. The number of amides is 2. The number of hydrogen-bond acceptors (Lipinski definition) is 6. The third-order valence-electron chi connectivity index (χ3n) is 4.81. The molecular formula is C22H19FN6O3. The van der Waals surface area contributed by atoms with Gasteiger partial charge in [-0.15, -0.1) is 5.10 Å². The van der Waals surface area contributed by atoms with Gasteiger partial charge in [0.25, 0.3) is 11.8 Å². The summed E-state index contributed by atoms with van der Waals surface area (Å²) in [5.41, 5.74) is 6.70. The third kappa shape index (κ3) is 4.38. The molecule has 2 aromatic heterocycles. The number of carbonyl (C=O) groups is 2. The highest BCUT2D eigenvalue weighted by Gasteiger charge is 2.18. The summed E-state index contributed by atoms with van der Waals surface area (Å²) in [5, 5.41) is 11.4. The van der Waals surface area contributed by atoms with Crippen molar-refractivity contribution in [1.82, 2.24) is 20.0 Å². The first-order chi connectivity index (χ1) is 15.4. The minimum atomic E-state index is -0.729. The molecule has 0 fully saturated rings. The van der Waals surface area contributed by atoms with E-state index in [0.717, 1.165) is 0 Å². The predicted octanol–water partition coefficient (Wildman–Crippen LogP) is 2.70. The number of rotatable bonds is 7. The fraction of sp³-hybridized carbons (Fsp3) is 0.136. The molecule has 4 aromatic rings. The number of pyridine rings is 1. The first-order valence-electron chi connectivity index (χ1n) is 9.72. The highest BCUT2D eigenvalue weighted by Crippen LogP contribution is 2.20. The molecule has 32 heavy (non-hydrogen) atoms. The molecule has 2 amide bonds. The topological polar surface area (TPSA) is 125 Å². The van der Waals surface area contributed by atoms with Gasteiger partial charge in [-0.2, -0.15) is 0 Å². The lowest BCUT2D eigenvalue weighted by atomic mass is 10.1. The highest BCUT2D eigenvalue weighted by molar-refractivity contribution is 6.13. The number of nitrogens with two attached hydrogens (primary N) is 1. The third-order valence-corrected chi connectivity index (χ3v) is 4.81. The van der Waals surface area contributed by atoms with Crippen molar-refractivity contribution in [3.05, 3.63) is 77.4 Å². The number of para-hydroxylation sites is 1. The molecule has 0 saturated heterocycles. The molecule has 0 aliphatic heterocycles. The second-order valence-corrected chi connectivity index (χ2v) is 6.94. The van der Waals surface area contributed by atoms with Crippen molar-refractivity contribution in [1.29, 1.82) is 0 Å². The standard InChI is InChI=1S/C22H19FN6O3/c1-13-21(27-28-29(13)10-11-32-15-8-6-14(23)7-9-15)26-22(31)17-12-19(20(24)30)25-18-5-3-2-4-16(17)18/h2-9,12H,10-11H2,1H3,(H2,24,30)(H,26,31). The lowest BCUT2D eigenvalue weighted by Crippen LogP contribution is -2.18. The number of aromatic nitrogens is 4. The van der Waals surface area contributed by atoms with Crippen LogP contribution in [0.5, 0.6) is 5.75 Å². The van der Waals surface area contributed by atoms with Gasteiger partial charge in [-0.25, -0.2) is 14.1 Å². The Bertz CT molecular complexity index is 1300. The maximum Gasteiger partial charge on any atom is 0.267 e. The molecular weight excluding hydrogens is 415 g/mol. The van der Waals surface area contributed by atoms with Crippen molar-refractivity contribution < 1.29 is 18.7 Å². The van der Waals surface area contributed by atoms with Crippen LogP contribution in [-0.4, -0.2) is 38.4 Å². The van der Waals surface area contributed by atoms with E-state index in [9.17, 15) is 14.0 Å². The molecule has 0 atom stereocenters. The molecule has 2 heterocycles. The second-order valence-electron chi connectivity index (χ2n) is 6.94. The molecule has 0 radical (unpaired) electrons. The van der Waals surface area contributed by atoms with Crippen molar-refractivity contribution in [2.24, 2.45) is 5.73 Å². The van der Waals surface area contributed by atoms with E-state index in [-0.39, 0.29) is 29.5 Å². The molecule has 0 spiro atoms. The van der Waals surface area contributed by atoms with Crippen LogP contribution in [-0.2, 0) is 6.54 Å². The minimum absolute atomic E-state index is 0.00725. The van der Waals surface area contributed by atoms with Crippen molar-refractivity contribution in [2.45, 2.75) is 13.5 Å². The van der Waals surface area contributed by atoms with Gasteiger partial charge < -0.3 is 15.8 Å². The first-order valence-corrected chi connectivity index (χ1v) is 9.72. The molecule has 0 unspecified atom stereocenters. The molecule has 3 N–H and O–H groups in total. The summed E-state index contributed by atoms with van der Waals surface area (Å²) < 4.78 is 20.1. The van der Waals surface area contributed by atoms with E-state index in [0.29, 0.717) is 28.9 Å². The van der Waals surface area contributed by atoms with Crippen LogP contribution in [0, 0.1) is 12.7 Å². The Balaban J connectivity index is 1.49. The summed E-state index contributed by atoms with van der Waals surface area (Å²) in [5.74, 6) is -0.725. The van der Waals surface area contributed by atoms with Gasteiger partial charge in [-0.3, -0.25) is 9.59 Å². The Morgan fingerprint density at radius 1 is 1.16 bits per heavy atom. The Kier molecular flexibility index (Phi) is 5.75. The van der Waals surface area contributed by atoms with E-state index in [1.165, 1.54) is 30.3 Å². The van der Waals surface area contributed by atoms with Crippen molar-refractivity contribution in [2.75, 3.05) is 11.9 Å². The number of fused-ring (bicyclic) bond motifs is 1. The summed E-state index contributed by atoms with van der Waals surface area (Å²) >= 11 is 0. The maximum absolute atomic E-state index is 13.0. The van der Waals surface area contributed by atoms with Gasteiger partial charge >= 0.3 is 0 Å². The number of primary amides is 1. The Hall–Kier alpha value is -4.34. The summed E-state index contributed by atoms with van der Waals surface area (Å²) in [6, 6.07) is 14.0. The van der Waals surface area contributed by atoms with Crippen molar-refractivity contribution in [3.63, 3.8) is 0 Å². The molecule has 0 aliphatic rings. The van der Waals surface area contributed by atoms with Gasteiger partial charge in [0.1, 0.15) is 23.9 Å². The van der Waals surface area contributed by atoms with E-state index in [2.05, 4.69) is 20.6 Å². The number of ether oxygens (including phenoxy) is 1. The van der Waals surface area contributed by atoms with Gasteiger partial charge in [0.2, 0.25) is 0 Å². The van der Waals surface area contributed by atoms with Crippen LogP contribution in [0.1, 0.15) is 26.5 Å². The van der Waals surface area contributed by atoms with Crippen molar-refractivity contribution in [3.8, 4) is 5.75 Å². The molecule has 0 bridgehead atoms. The van der Waals surface area contributed by atoms with Crippen LogP contribution in [0.3, 0.4) is 0 Å². The van der Waals surface area contributed by atoms with Crippen LogP contribution in [0.15, 0.2) is 54.6 Å². The number of nitrogens with zero attached hydrogens (tertiary/aromatic N) is 4. The number of anilines is 1. The van der Waals surface area contributed by atoms with Crippen LogP contribution >= 0.6 is 0 Å². The van der Waals surface area contributed by atoms with E-state index >= 15 is 0 Å².